The van der Waals surface area contributed by atoms with E-state index in [4.69, 9.17) is 11.6 Å². The SMILES string of the molecule is O=S(=O)(CCCl)N1CCCC2CCCC21. The minimum absolute atomic E-state index is 0.0950. The van der Waals surface area contributed by atoms with Crippen LogP contribution in [0.5, 0.6) is 0 Å². The molecule has 1 saturated carbocycles. The van der Waals surface area contributed by atoms with Crippen LogP contribution >= 0.6 is 11.6 Å². The van der Waals surface area contributed by atoms with E-state index in [1.165, 1.54) is 19.3 Å². The second-order valence-electron chi connectivity index (χ2n) is 4.52. The molecule has 0 spiro atoms. The molecular weight excluding hydrogens is 234 g/mol. The second-order valence-corrected chi connectivity index (χ2v) is 6.94. The Hall–Kier alpha value is 0.200. The Balaban J connectivity index is 2.14. The first kappa shape index (κ1) is 11.7. The zero-order chi connectivity index (χ0) is 10.9. The highest BCUT2D eigenvalue weighted by Crippen LogP contribution is 2.38. The van der Waals surface area contributed by atoms with E-state index in [1.54, 1.807) is 4.31 Å². The molecule has 15 heavy (non-hydrogen) atoms. The molecule has 2 aliphatic rings. The van der Waals surface area contributed by atoms with Crippen LogP contribution in [-0.2, 0) is 10.0 Å². The highest BCUT2D eigenvalue weighted by atomic mass is 35.5. The van der Waals surface area contributed by atoms with Gasteiger partial charge in [0.1, 0.15) is 0 Å². The first-order valence-corrected chi connectivity index (χ1v) is 7.85. The van der Waals surface area contributed by atoms with Crippen molar-refractivity contribution in [2.24, 2.45) is 5.92 Å². The Bertz CT molecular complexity index is 317. The van der Waals surface area contributed by atoms with Crippen LogP contribution in [0.2, 0.25) is 0 Å². The summed E-state index contributed by atoms with van der Waals surface area (Å²) in [5, 5.41) is 0. The summed E-state index contributed by atoms with van der Waals surface area (Å²) < 4.78 is 25.7. The van der Waals surface area contributed by atoms with Crippen LogP contribution < -0.4 is 0 Å². The number of alkyl halides is 1. The molecule has 1 heterocycles. The maximum Gasteiger partial charge on any atom is 0.215 e. The Morgan fingerprint density at radius 2 is 1.93 bits per heavy atom. The molecule has 2 atom stereocenters. The molecule has 1 aliphatic heterocycles. The molecule has 1 aliphatic carbocycles. The van der Waals surface area contributed by atoms with E-state index in [9.17, 15) is 8.42 Å². The number of fused-ring (bicyclic) bond motifs is 1. The Morgan fingerprint density at radius 3 is 2.67 bits per heavy atom. The minimum Gasteiger partial charge on any atom is -0.212 e. The van der Waals surface area contributed by atoms with Crippen molar-refractivity contribution < 1.29 is 8.42 Å². The number of rotatable bonds is 3. The third-order valence-corrected chi connectivity index (χ3v) is 5.94. The topological polar surface area (TPSA) is 37.4 Å². The molecule has 0 aromatic carbocycles. The summed E-state index contributed by atoms with van der Waals surface area (Å²) in [5.41, 5.74) is 0. The third kappa shape index (κ3) is 2.32. The lowest BCUT2D eigenvalue weighted by molar-refractivity contribution is 0.202. The van der Waals surface area contributed by atoms with Crippen molar-refractivity contribution in [3.8, 4) is 0 Å². The average molecular weight is 252 g/mol. The van der Waals surface area contributed by atoms with Crippen molar-refractivity contribution in [1.29, 1.82) is 0 Å². The van der Waals surface area contributed by atoms with Crippen molar-refractivity contribution in [3.63, 3.8) is 0 Å². The normalized spacial score (nSPS) is 32.9. The quantitative estimate of drug-likeness (QED) is 0.718. The van der Waals surface area contributed by atoms with Crippen LogP contribution in [0.3, 0.4) is 0 Å². The summed E-state index contributed by atoms with van der Waals surface area (Å²) in [7, 11) is -3.09. The summed E-state index contributed by atoms with van der Waals surface area (Å²) in [6.45, 7) is 0.709. The molecule has 5 heteroatoms. The van der Waals surface area contributed by atoms with Crippen molar-refractivity contribution in [2.75, 3.05) is 18.2 Å². The molecule has 0 amide bonds. The van der Waals surface area contributed by atoms with Gasteiger partial charge in [-0.1, -0.05) is 6.42 Å². The summed E-state index contributed by atoms with van der Waals surface area (Å²) in [6, 6.07) is 0.284. The highest BCUT2D eigenvalue weighted by molar-refractivity contribution is 7.89. The zero-order valence-corrected chi connectivity index (χ0v) is 10.4. The summed E-state index contributed by atoms with van der Waals surface area (Å²) >= 11 is 5.54. The van der Waals surface area contributed by atoms with Gasteiger partial charge in [0.25, 0.3) is 0 Å². The Kier molecular flexibility index (Phi) is 3.58. The standard InChI is InChI=1S/C10H18ClNO2S/c11-6-8-15(13,14)12-7-2-4-9-3-1-5-10(9)12/h9-10H,1-8H2. The fourth-order valence-corrected chi connectivity index (χ4v) is 5.08. The van der Waals surface area contributed by atoms with E-state index < -0.39 is 10.0 Å². The van der Waals surface area contributed by atoms with Gasteiger partial charge in [-0.25, -0.2) is 8.42 Å². The zero-order valence-electron chi connectivity index (χ0n) is 8.86. The molecule has 0 aromatic heterocycles. The molecule has 0 bridgehead atoms. The van der Waals surface area contributed by atoms with Gasteiger partial charge in [0.05, 0.1) is 5.75 Å². The predicted octanol–water partition coefficient (Wildman–Crippen LogP) is 1.82. The average Bonchev–Trinajstić information content (AvgIpc) is 2.64. The lowest BCUT2D eigenvalue weighted by Crippen LogP contribution is -2.47. The van der Waals surface area contributed by atoms with Crippen LogP contribution in [0.25, 0.3) is 0 Å². The van der Waals surface area contributed by atoms with E-state index >= 15 is 0 Å². The maximum absolute atomic E-state index is 12.0. The number of piperidine rings is 1. The van der Waals surface area contributed by atoms with Crippen LogP contribution in [0.4, 0.5) is 0 Å². The fourth-order valence-electron chi connectivity index (χ4n) is 2.97. The predicted molar refractivity (Wildman–Crippen MR) is 61.6 cm³/mol. The maximum atomic E-state index is 12.0. The van der Waals surface area contributed by atoms with Gasteiger partial charge < -0.3 is 0 Å². The number of hydrogen-bond donors (Lipinski definition) is 0. The van der Waals surface area contributed by atoms with Gasteiger partial charge in [0, 0.05) is 18.5 Å². The third-order valence-electron chi connectivity index (χ3n) is 3.63. The minimum atomic E-state index is -3.09. The molecule has 88 valence electrons. The van der Waals surface area contributed by atoms with Crippen molar-refractivity contribution in [1.82, 2.24) is 4.31 Å². The second kappa shape index (κ2) is 4.60. The molecule has 0 aromatic rings. The number of hydrogen-bond acceptors (Lipinski definition) is 2. The number of halogens is 1. The molecule has 2 unspecified atom stereocenters. The van der Waals surface area contributed by atoms with Gasteiger partial charge in [-0.15, -0.1) is 11.6 Å². The summed E-state index contributed by atoms with van der Waals surface area (Å²) in [6.07, 6.45) is 5.66. The summed E-state index contributed by atoms with van der Waals surface area (Å²) in [4.78, 5) is 0. The Morgan fingerprint density at radius 1 is 1.20 bits per heavy atom. The van der Waals surface area contributed by atoms with Crippen molar-refractivity contribution in [2.45, 2.75) is 38.1 Å². The van der Waals surface area contributed by atoms with E-state index in [0.717, 1.165) is 12.8 Å². The van der Waals surface area contributed by atoms with E-state index in [-0.39, 0.29) is 17.7 Å². The lowest BCUT2D eigenvalue weighted by Gasteiger charge is -2.36. The lowest BCUT2D eigenvalue weighted by atomic mass is 9.94. The van der Waals surface area contributed by atoms with Crippen LogP contribution in [0.15, 0.2) is 0 Å². The molecule has 2 rings (SSSR count). The first-order chi connectivity index (χ1) is 7.15. The number of sulfonamides is 1. The largest absolute Gasteiger partial charge is 0.215 e. The fraction of sp³-hybridized carbons (Fsp3) is 1.00. The summed E-state index contributed by atoms with van der Waals surface area (Å²) in [5.74, 6) is 0.914. The molecule has 3 nitrogen and oxygen atoms in total. The highest BCUT2D eigenvalue weighted by Gasteiger charge is 2.40. The van der Waals surface area contributed by atoms with Crippen LogP contribution in [0, 0.1) is 5.92 Å². The van der Waals surface area contributed by atoms with E-state index in [1.807, 2.05) is 0 Å². The van der Waals surface area contributed by atoms with Gasteiger partial charge in [0.15, 0.2) is 0 Å². The van der Waals surface area contributed by atoms with Crippen LogP contribution in [-0.4, -0.2) is 36.9 Å². The Labute approximate surface area is 96.8 Å². The molecule has 0 N–H and O–H groups in total. The molecule has 0 radical (unpaired) electrons. The van der Waals surface area contributed by atoms with Crippen LogP contribution in [0.1, 0.15) is 32.1 Å². The van der Waals surface area contributed by atoms with Gasteiger partial charge in [-0.2, -0.15) is 4.31 Å². The van der Waals surface area contributed by atoms with Gasteiger partial charge in [0.2, 0.25) is 10.0 Å². The number of nitrogens with zero attached hydrogens (tertiary/aromatic N) is 1. The van der Waals surface area contributed by atoms with Gasteiger partial charge in [-0.05, 0) is 31.6 Å². The molecular formula is C10H18ClNO2S. The van der Waals surface area contributed by atoms with Gasteiger partial charge >= 0.3 is 0 Å². The molecule has 1 saturated heterocycles. The monoisotopic (exact) mass is 251 g/mol. The van der Waals surface area contributed by atoms with E-state index in [2.05, 4.69) is 0 Å². The first-order valence-electron chi connectivity index (χ1n) is 5.70. The van der Waals surface area contributed by atoms with Crippen molar-refractivity contribution >= 4 is 21.6 Å². The smallest absolute Gasteiger partial charge is 0.212 e. The molecule has 2 fully saturated rings. The van der Waals surface area contributed by atoms with Gasteiger partial charge in [-0.3, -0.25) is 0 Å². The van der Waals surface area contributed by atoms with Crippen molar-refractivity contribution in [3.05, 3.63) is 0 Å². The van der Waals surface area contributed by atoms with E-state index in [0.29, 0.717) is 12.5 Å².